The van der Waals surface area contributed by atoms with Crippen LogP contribution in [0, 0.1) is 11.7 Å². The van der Waals surface area contributed by atoms with E-state index in [4.69, 9.17) is 0 Å². The van der Waals surface area contributed by atoms with Crippen LogP contribution in [0.3, 0.4) is 0 Å². The SMILES string of the molecule is O=C(CN1CC[C@]2(O)CCCC[C@@H]2[C@H]1c1ccc(F)cc1)Nc1ccccc1. The number of hydrogen-bond donors (Lipinski definition) is 2. The van der Waals surface area contributed by atoms with E-state index >= 15 is 0 Å². The minimum atomic E-state index is -0.691. The van der Waals surface area contributed by atoms with Crippen LogP contribution in [0.2, 0.25) is 0 Å². The topological polar surface area (TPSA) is 52.6 Å². The monoisotopic (exact) mass is 382 g/mol. The summed E-state index contributed by atoms with van der Waals surface area (Å²) in [5.41, 5.74) is 1.06. The van der Waals surface area contributed by atoms with Crippen molar-refractivity contribution in [3.63, 3.8) is 0 Å². The van der Waals surface area contributed by atoms with Gasteiger partial charge in [0.2, 0.25) is 5.91 Å². The number of carbonyl (C=O) groups is 1. The Morgan fingerprint density at radius 2 is 1.86 bits per heavy atom. The fourth-order valence-corrected chi connectivity index (χ4v) is 4.93. The summed E-state index contributed by atoms with van der Waals surface area (Å²) >= 11 is 0. The number of amides is 1. The second kappa shape index (κ2) is 8.02. The third-order valence-corrected chi connectivity index (χ3v) is 6.29. The van der Waals surface area contributed by atoms with Crippen LogP contribution in [-0.2, 0) is 4.79 Å². The van der Waals surface area contributed by atoms with Crippen LogP contribution >= 0.6 is 0 Å². The van der Waals surface area contributed by atoms with Gasteiger partial charge >= 0.3 is 0 Å². The van der Waals surface area contributed by atoms with Crippen molar-refractivity contribution >= 4 is 11.6 Å². The van der Waals surface area contributed by atoms with Gasteiger partial charge in [0.25, 0.3) is 0 Å². The zero-order chi connectivity index (χ0) is 19.6. The summed E-state index contributed by atoms with van der Waals surface area (Å²) in [6.07, 6.45) is 4.52. The number of hydrogen-bond acceptors (Lipinski definition) is 3. The van der Waals surface area contributed by atoms with Crippen molar-refractivity contribution in [1.29, 1.82) is 0 Å². The molecule has 1 aliphatic carbocycles. The molecule has 0 bridgehead atoms. The molecule has 4 rings (SSSR count). The smallest absolute Gasteiger partial charge is 0.238 e. The Bertz CT molecular complexity index is 811. The second-order valence-electron chi connectivity index (χ2n) is 8.09. The molecule has 1 amide bonds. The molecule has 1 saturated heterocycles. The average molecular weight is 382 g/mol. The Kier molecular flexibility index (Phi) is 5.47. The summed E-state index contributed by atoms with van der Waals surface area (Å²) in [5, 5.41) is 14.2. The largest absolute Gasteiger partial charge is 0.389 e. The van der Waals surface area contributed by atoms with Gasteiger partial charge in [0, 0.05) is 24.2 Å². The molecule has 3 atom stereocenters. The zero-order valence-electron chi connectivity index (χ0n) is 16.0. The van der Waals surface area contributed by atoms with E-state index in [-0.39, 0.29) is 30.2 Å². The summed E-state index contributed by atoms with van der Waals surface area (Å²) in [5.74, 6) is -0.281. The van der Waals surface area contributed by atoms with Crippen molar-refractivity contribution in [2.45, 2.75) is 43.7 Å². The molecule has 4 nitrogen and oxygen atoms in total. The Labute approximate surface area is 165 Å². The van der Waals surface area contributed by atoms with Crippen molar-refractivity contribution in [2.24, 2.45) is 5.92 Å². The first-order valence-electron chi connectivity index (χ1n) is 10.1. The van der Waals surface area contributed by atoms with Crippen LogP contribution in [0.5, 0.6) is 0 Å². The molecule has 0 unspecified atom stereocenters. The lowest BCUT2D eigenvalue weighted by atomic mass is 9.66. The molecular formula is C23H27FN2O2. The number of benzene rings is 2. The zero-order valence-corrected chi connectivity index (χ0v) is 16.0. The highest BCUT2D eigenvalue weighted by atomic mass is 19.1. The van der Waals surface area contributed by atoms with Crippen molar-refractivity contribution in [1.82, 2.24) is 4.90 Å². The van der Waals surface area contributed by atoms with Crippen LogP contribution in [0.15, 0.2) is 54.6 Å². The first kappa shape index (κ1) is 19.1. The molecular weight excluding hydrogens is 355 g/mol. The van der Waals surface area contributed by atoms with Crippen molar-refractivity contribution in [3.8, 4) is 0 Å². The Morgan fingerprint density at radius 3 is 2.61 bits per heavy atom. The molecule has 0 aromatic heterocycles. The molecule has 1 heterocycles. The first-order valence-corrected chi connectivity index (χ1v) is 10.1. The van der Waals surface area contributed by atoms with E-state index in [0.29, 0.717) is 13.0 Å². The standard InChI is InChI=1S/C23H27FN2O2/c24-18-11-9-17(10-12-18)22-20-8-4-5-13-23(20,28)14-15-26(22)16-21(27)25-19-6-2-1-3-7-19/h1-3,6-7,9-12,20,22,28H,4-5,8,13-16H2,(H,25,27)/t20-,22-,23-/m1/s1. The van der Waals surface area contributed by atoms with Gasteiger partial charge in [0.15, 0.2) is 0 Å². The van der Waals surface area contributed by atoms with Gasteiger partial charge in [-0.15, -0.1) is 0 Å². The van der Waals surface area contributed by atoms with Gasteiger partial charge < -0.3 is 10.4 Å². The molecule has 1 aliphatic heterocycles. The highest BCUT2D eigenvalue weighted by Crippen LogP contribution is 2.49. The van der Waals surface area contributed by atoms with E-state index in [0.717, 1.165) is 36.9 Å². The molecule has 0 spiro atoms. The third kappa shape index (κ3) is 3.96. The molecule has 2 fully saturated rings. The Hall–Kier alpha value is -2.24. The van der Waals surface area contributed by atoms with Gasteiger partial charge in [-0.3, -0.25) is 9.69 Å². The fourth-order valence-electron chi connectivity index (χ4n) is 4.93. The summed E-state index contributed by atoms with van der Waals surface area (Å²) in [4.78, 5) is 14.8. The molecule has 1 saturated carbocycles. The number of nitrogens with one attached hydrogen (secondary N) is 1. The number of piperidine rings is 1. The highest BCUT2D eigenvalue weighted by molar-refractivity contribution is 5.92. The maximum Gasteiger partial charge on any atom is 0.238 e. The number of fused-ring (bicyclic) bond motifs is 1. The van der Waals surface area contributed by atoms with Crippen molar-refractivity contribution < 1.29 is 14.3 Å². The number of nitrogens with zero attached hydrogens (tertiary/aromatic N) is 1. The molecule has 28 heavy (non-hydrogen) atoms. The van der Waals surface area contributed by atoms with Gasteiger partial charge in [-0.2, -0.15) is 0 Å². The van der Waals surface area contributed by atoms with E-state index in [1.54, 1.807) is 12.1 Å². The number of anilines is 1. The maximum atomic E-state index is 13.5. The lowest BCUT2D eigenvalue weighted by Gasteiger charge is -2.52. The minimum Gasteiger partial charge on any atom is -0.389 e. The van der Waals surface area contributed by atoms with Crippen molar-refractivity contribution in [2.75, 3.05) is 18.4 Å². The predicted molar refractivity (Wildman–Crippen MR) is 107 cm³/mol. The number of halogens is 1. The molecule has 2 aliphatic rings. The predicted octanol–water partition coefficient (Wildman–Crippen LogP) is 4.13. The molecule has 5 heteroatoms. The minimum absolute atomic E-state index is 0.0602. The quantitative estimate of drug-likeness (QED) is 0.836. The average Bonchev–Trinajstić information content (AvgIpc) is 2.69. The number of rotatable bonds is 4. The Morgan fingerprint density at radius 1 is 1.11 bits per heavy atom. The summed E-state index contributed by atoms with van der Waals surface area (Å²) in [6.45, 7) is 0.904. The van der Waals surface area contributed by atoms with Gasteiger partial charge in [0.05, 0.1) is 12.1 Å². The molecule has 2 aromatic rings. The van der Waals surface area contributed by atoms with Crippen LogP contribution in [-0.4, -0.2) is 34.6 Å². The molecule has 0 radical (unpaired) electrons. The van der Waals surface area contributed by atoms with Crippen LogP contribution in [0.4, 0.5) is 10.1 Å². The van der Waals surface area contributed by atoms with Crippen LogP contribution < -0.4 is 5.32 Å². The summed E-state index contributed by atoms with van der Waals surface area (Å²) in [6, 6.07) is 15.9. The number of para-hydroxylation sites is 1. The lowest BCUT2D eigenvalue weighted by molar-refractivity contribution is -0.135. The van der Waals surface area contributed by atoms with E-state index in [1.807, 2.05) is 30.3 Å². The second-order valence-corrected chi connectivity index (χ2v) is 8.09. The lowest BCUT2D eigenvalue weighted by Crippen LogP contribution is -2.56. The van der Waals surface area contributed by atoms with Crippen LogP contribution in [0.1, 0.15) is 43.7 Å². The fraction of sp³-hybridized carbons (Fsp3) is 0.435. The van der Waals surface area contributed by atoms with Crippen LogP contribution in [0.25, 0.3) is 0 Å². The van der Waals surface area contributed by atoms with E-state index < -0.39 is 5.60 Å². The molecule has 2 N–H and O–H groups in total. The maximum absolute atomic E-state index is 13.5. The molecule has 2 aromatic carbocycles. The van der Waals surface area contributed by atoms with E-state index in [2.05, 4.69) is 10.2 Å². The van der Waals surface area contributed by atoms with Crippen molar-refractivity contribution in [3.05, 3.63) is 66.0 Å². The number of carbonyl (C=O) groups excluding carboxylic acids is 1. The van der Waals surface area contributed by atoms with E-state index in [9.17, 15) is 14.3 Å². The Balaban J connectivity index is 1.57. The van der Waals surface area contributed by atoms with Gasteiger partial charge in [-0.05, 0) is 49.1 Å². The summed E-state index contributed by atoms with van der Waals surface area (Å²) < 4.78 is 13.5. The van der Waals surface area contributed by atoms with Gasteiger partial charge in [-0.25, -0.2) is 4.39 Å². The van der Waals surface area contributed by atoms with E-state index in [1.165, 1.54) is 12.1 Å². The summed E-state index contributed by atoms with van der Waals surface area (Å²) in [7, 11) is 0. The number of aliphatic hydroxyl groups is 1. The molecule has 148 valence electrons. The third-order valence-electron chi connectivity index (χ3n) is 6.29. The van der Waals surface area contributed by atoms with Gasteiger partial charge in [-0.1, -0.05) is 43.2 Å². The highest BCUT2D eigenvalue weighted by Gasteiger charge is 2.49. The first-order chi connectivity index (χ1) is 13.5. The number of likely N-dealkylation sites (tertiary alicyclic amines) is 1. The normalized spacial score (nSPS) is 27.8. The van der Waals surface area contributed by atoms with Gasteiger partial charge in [0.1, 0.15) is 5.82 Å².